The van der Waals surface area contributed by atoms with Crippen molar-refractivity contribution in [1.82, 2.24) is 24.5 Å². The van der Waals surface area contributed by atoms with Crippen LogP contribution in [0.3, 0.4) is 0 Å². The van der Waals surface area contributed by atoms with Crippen molar-refractivity contribution in [2.45, 2.75) is 53.6 Å². The highest BCUT2D eigenvalue weighted by molar-refractivity contribution is 5.96. The Hall–Kier alpha value is -2.96. The quantitative estimate of drug-likeness (QED) is 0.679. The van der Waals surface area contributed by atoms with Crippen LogP contribution in [0.5, 0.6) is 0 Å². The molecule has 0 saturated heterocycles. The molecule has 0 aliphatic heterocycles. The van der Waals surface area contributed by atoms with Crippen molar-refractivity contribution < 1.29 is 9.59 Å². The lowest BCUT2D eigenvalue weighted by Crippen LogP contribution is -2.26. The number of imidazole rings is 1. The number of ketones is 1. The van der Waals surface area contributed by atoms with E-state index in [0.717, 1.165) is 22.6 Å². The van der Waals surface area contributed by atoms with Crippen molar-refractivity contribution in [2.24, 2.45) is 0 Å². The Morgan fingerprint density at radius 1 is 1.19 bits per heavy atom. The molecule has 0 aromatic carbocycles. The van der Waals surface area contributed by atoms with Gasteiger partial charge in [0, 0.05) is 24.5 Å². The summed E-state index contributed by atoms with van der Waals surface area (Å²) in [7, 11) is 0. The molecular formula is C20H25N5O2. The van der Waals surface area contributed by atoms with E-state index in [0.29, 0.717) is 17.8 Å². The molecule has 3 aromatic rings. The van der Waals surface area contributed by atoms with E-state index >= 15 is 0 Å². The highest BCUT2D eigenvalue weighted by Crippen LogP contribution is 2.20. The third-order valence-electron chi connectivity index (χ3n) is 4.69. The molecule has 0 aliphatic rings. The summed E-state index contributed by atoms with van der Waals surface area (Å²) in [6.07, 6.45) is 4.21. The van der Waals surface area contributed by atoms with E-state index < -0.39 is 0 Å². The number of hydrogen-bond donors (Lipinski definition) is 1. The van der Waals surface area contributed by atoms with Crippen LogP contribution in [0.25, 0.3) is 5.65 Å². The van der Waals surface area contributed by atoms with Crippen molar-refractivity contribution in [3.8, 4) is 0 Å². The van der Waals surface area contributed by atoms with Gasteiger partial charge in [-0.05, 0) is 46.2 Å². The first kappa shape index (κ1) is 18.8. The van der Waals surface area contributed by atoms with Crippen LogP contribution in [0.2, 0.25) is 0 Å². The topological polar surface area (TPSA) is 81.3 Å². The van der Waals surface area contributed by atoms with Gasteiger partial charge in [0.2, 0.25) is 5.91 Å². The summed E-state index contributed by atoms with van der Waals surface area (Å²) in [5.41, 5.74) is 4.97. The van der Waals surface area contributed by atoms with Crippen LogP contribution in [0.4, 0.5) is 0 Å². The molecular weight excluding hydrogens is 342 g/mol. The third kappa shape index (κ3) is 3.92. The number of nitrogens with zero attached hydrogens (tertiary/aromatic N) is 4. The minimum absolute atomic E-state index is 0.00464. The first-order valence-corrected chi connectivity index (χ1v) is 9.04. The van der Waals surface area contributed by atoms with Crippen LogP contribution in [0.1, 0.15) is 59.3 Å². The molecule has 0 aliphatic carbocycles. The highest BCUT2D eigenvalue weighted by atomic mass is 16.1. The van der Waals surface area contributed by atoms with Gasteiger partial charge < -0.3 is 9.72 Å². The van der Waals surface area contributed by atoms with Crippen LogP contribution in [-0.4, -0.2) is 30.9 Å². The Bertz CT molecular complexity index is 1010. The molecule has 0 fully saturated rings. The van der Waals surface area contributed by atoms with Gasteiger partial charge >= 0.3 is 0 Å². The van der Waals surface area contributed by atoms with Crippen molar-refractivity contribution >= 4 is 17.3 Å². The van der Waals surface area contributed by atoms with Gasteiger partial charge in [-0.15, -0.1) is 0 Å². The van der Waals surface area contributed by atoms with E-state index in [9.17, 15) is 9.59 Å². The number of carbonyl (C=O) groups is 2. The molecule has 142 valence electrons. The fourth-order valence-electron chi connectivity index (χ4n) is 3.46. The van der Waals surface area contributed by atoms with Crippen LogP contribution in [-0.2, 0) is 11.3 Å². The van der Waals surface area contributed by atoms with Gasteiger partial charge in [0.15, 0.2) is 5.78 Å². The predicted octanol–water partition coefficient (Wildman–Crippen LogP) is 2.93. The number of hydrogen-bond acceptors (Lipinski definition) is 4. The van der Waals surface area contributed by atoms with Crippen molar-refractivity contribution in [1.29, 1.82) is 0 Å². The average Bonchev–Trinajstić information content (AvgIpc) is 3.12. The summed E-state index contributed by atoms with van der Waals surface area (Å²) in [6.45, 7) is 9.55. The number of Topliss-reactive ketones (excluding diaryl/α,β-unsaturated/α-hetero) is 1. The maximum Gasteiger partial charge on any atom is 0.222 e. The molecule has 7 nitrogen and oxygen atoms in total. The second-order valence-electron chi connectivity index (χ2n) is 7.08. The number of fused-ring (bicyclic) bond motifs is 1. The molecule has 3 aromatic heterocycles. The number of aryl methyl sites for hydroxylation is 2. The van der Waals surface area contributed by atoms with Gasteiger partial charge in [-0.1, -0.05) is 6.07 Å². The lowest BCUT2D eigenvalue weighted by atomic mass is 10.1. The molecule has 1 amide bonds. The second-order valence-corrected chi connectivity index (χ2v) is 7.08. The fourth-order valence-corrected chi connectivity index (χ4v) is 3.46. The number of pyridine rings is 1. The molecule has 0 bridgehead atoms. The smallest absolute Gasteiger partial charge is 0.222 e. The first-order chi connectivity index (χ1) is 12.8. The Morgan fingerprint density at radius 3 is 2.59 bits per heavy atom. The molecule has 1 atom stereocenters. The van der Waals surface area contributed by atoms with Crippen molar-refractivity contribution in [3.63, 3.8) is 0 Å². The molecule has 27 heavy (non-hydrogen) atoms. The predicted molar refractivity (Wildman–Crippen MR) is 103 cm³/mol. The van der Waals surface area contributed by atoms with Gasteiger partial charge in [-0.2, -0.15) is 5.10 Å². The van der Waals surface area contributed by atoms with Crippen LogP contribution < -0.4 is 5.32 Å². The van der Waals surface area contributed by atoms with Crippen LogP contribution in [0.15, 0.2) is 24.5 Å². The highest BCUT2D eigenvalue weighted by Gasteiger charge is 2.20. The first-order valence-electron chi connectivity index (χ1n) is 9.04. The lowest BCUT2D eigenvalue weighted by molar-refractivity contribution is -0.122. The zero-order valence-electron chi connectivity index (χ0n) is 16.4. The van der Waals surface area contributed by atoms with Crippen LogP contribution >= 0.6 is 0 Å². The fraction of sp³-hybridized carbons (Fsp3) is 0.400. The number of aromatic nitrogens is 4. The van der Waals surface area contributed by atoms with E-state index in [-0.39, 0.29) is 24.2 Å². The van der Waals surface area contributed by atoms with Gasteiger partial charge in [0.05, 0.1) is 29.5 Å². The largest absolute Gasteiger partial charge is 0.350 e. The number of nitrogens with one attached hydrogen (secondary N) is 1. The number of carbonyl (C=O) groups excluding carboxylic acids is 2. The molecule has 0 spiro atoms. The summed E-state index contributed by atoms with van der Waals surface area (Å²) >= 11 is 0. The summed E-state index contributed by atoms with van der Waals surface area (Å²) < 4.78 is 3.72. The van der Waals surface area contributed by atoms with E-state index in [1.165, 1.54) is 6.92 Å². The minimum atomic E-state index is -0.138. The van der Waals surface area contributed by atoms with Crippen LogP contribution in [0, 0.1) is 20.8 Å². The van der Waals surface area contributed by atoms with Crippen molar-refractivity contribution in [2.75, 3.05) is 0 Å². The van der Waals surface area contributed by atoms with Gasteiger partial charge in [-0.3, -0.25) is 14.3 Å². The second kappa shape index (κ2) is 7.34. The maximum absolute atomic E-state index is 12.4. The summed E-state index contributed by atoms with van der Waals surface area (Å²) in [5.74, 6) is -0.0809. The Kier molecular flexibility index (Phi) is 5.12. The zero-order valence-corrected chi connectivity index (χ0v) is 16.4. The van der Waals surface area contributed by atoms with E-state index in [4.69, 9.17) is 0 Å². The molecule has 0 saturated carbocycles. The van der Waals surface area contributed by atoms with Crippen molar-refractivity contribution in [3.05, 3.63) is 52.7 Å². The lowest BCUT2D eigenvalue weighted by Gasteiger charge is -2.14. The third-order valence-corrected chi connectivity index (χ3v) is 4.69. The van der Waals surface area contributed by atoms with Gasteiger partial charge in [-0.25, -0.2) is 4.98 Å². The summed E-state index contributed by atoms with van der Waals surface area (Å²) in [4.78, 5) is 28.6. The zero-order chi connectivity index (χ0) is 19.7. The molecule has 3 rings (SSSR count). The average molecular weight is 367 g/mol. The standard InChI is InChI=1S/C20H25N5O2/c1-12-6-7-18-22-17(11-24(18)10-12)9-21-19(27)8-13(2)25-15(4)20(16(5)26)14(3)23-25/h6-7,10-11,13H,8-9H2,1-5H3,(H,21,27)/t13-/m0/s1. The van der Waals surface area contributed by atoms with E-state index in [2.05, 4.69) is 15.4 Å². The molecule has 0 radical (unpaired) electrons. The van der Waals surface area contributed by atoms with E-state index in [1.54, 1.807) is 4.68 Å². The Labute approximate surface area is 158 Å². The van der Waals surface area contributed by atoms with E-state index in [1.807, 2.05) is 56.6 Å². The molecule has 7 heteroatoms. The SMILES string of the molecule is CC(=O)c1c(C)nn([C@@H](C)CC(=O)NCc2cn3cc(C)ccc3n2)c1C. The Balaban J connectivity index is 1.63. The Morgan fingerprint density at radius 2 is 1.93 bits per heavy atom. The van der Waals surface area contributed by atoms with Gasteiger partial charge in [0.1, 0.15) is 5.65 Å². The molecule has 0 unspecified atom stereocenters. The molecule has 1 N–H and O–H groups in total. The summed E-state index contributed by atoms with van der Waals surface area (Å²) in [6, 6.07) is 3.83. The minimum Gasteiger partial charge on any atom is -0.350 e. The number of rotatable bonds is 6. The number of amides is 1. The monoisotopic (exact) mass is 367 g/mol. The normalized spacial score (nSPS) is 12.3. The summed E-state index contributed by atoms with van der Waals surface area (Å²) in [5, 5.41) is 7.36. The molecule has 3 heterocycles. The maximum atomic E-state index is 12.4. The van der Waals surface area contributed by atoms with Gasteiger partial charge in [0.25, 0.3) is 0 Å².